The molecule has 0 saturated carbocycles. The lowest BCUT2D eigenvalue weighted by Gasteiger charge is -2.32. The second-order valence-corrected chi connectivity index (χ2v) is 8.97. The summed E-state index contributed by atoms with van der Waals surface area (Å²) in [7, 11) is -1.37. The first-order chi connectivity index (χ1) is 9.06. The van der Waals surface area contributed by atoms with Crippen molar-refractivity contribution in [2.24, 2.45) is 0 Å². The average molecular weight is 366 g/mol. The molecular weight excluding hydrogens is 342 g/mol. The lowest BCUT2D eigenvalue weighted by Crippen LogP contribution is -2.51. The fourth-order valence-corrected chi connectivity index (χ4v) is 3.38. The average Bonchev–Trinajstić information content (AvgIpc) is 2.61. The van der Waals surface area contributed by atoms with Crippen molar-refractivity contribution in [3.05, 3.63) is 15.9 Å². The zero-order valence-electron chi connectivity index (χ0n) is 13.0. The van der Waals surface area contributed by atoms with Crippen molar-refractivity contribution in [2.75, 3.05) is 13.3 Å². The first-order valence-electron chi connectivity index (χ1n) is 6.64. The van der Waals surface area contributed by atoms with Crippen LogP contribution in [-0.2, 0) is 22.8 Å². The number of nitrogens with one attached hydrogen (secondary N) is 1. The number of rotatable bonds is 6. The molecule has 0 fully saturated rings. The molecule has 0 aliphatic carbocycles. The van der Waals surface area contributed by atoms with Gasteiger partial charge in [-0.1, -0.05) is 0 Å². The molecule has 0 radical (unpaired) electrons. The summed E-state index contributed by atoms with van der Waals surface area (Å²) in [6, 6.07) is -0.185. The van der Waals surface area contributed by atoms with E-state index in [-0.39, 0.29) is 6.04 Å². The van der Waals surface area contributed by atoms with E-state index in [0.717, 1.165) is 22.4 Å². The molecule has 1 rings (SSSR count). The second kappa shape index (κ2) is 6.15. The predicted octanol–water partition coefficient (Wildman–Crippen LogP) is 1.93. The Balaban J connectivity index is 3.19. The van der Waals surface area contributed by atoms with Crippen molar-refractivity contribution in [2.45, 2.75) is 51.4 Å². The first kappa shape index (κ1) is 17.7. The highest BCUT2D eigenvalue weighted by Gasteiger charge is 2.39. The Bertz CT molecular complexity index is 579. The summed E-state index contributed by atoms with van der Waals surface area (Å²) in [4.78, 5) is 0. The molecule has 1 N–H and O–H groups in total. The van der Waals surface area contributed by atoms with E-state index in [9.17, 15) is 8.42 Å². The molecule has 20 heavy (non-hydrogen) atoms. The number of aromatic nitrogens is 2. The molecule has 116 valence electrons. The fraction of sp³-hybridized carbons (Fsp3) is 0.769. The highest BCUT2D eigenvalue weighted by atomic mass is 79.9. The molecule has 5 nitrogen and oxygen atoms in total. The van der Waals surface area contributed by atoms with Gasteiger partial charge in [-0.05, 0) is 50.7 Å². The molecule has 0 aromatic carbocycles. The molecule has 7 heteroatoms. The summed E-state index contributed by atoms with van der Waals surface area (Å²) in [5.74, 6) is 0. The Morgan fingerprint density at radius 1 is 1.45 bits per heavy atom. The molecule has 1 aromatic rings. The maximum atomic E-state index is 12.0. The van der Waals surface area contributed by atoms with E-state index in [1.807, 2.05) is 18.5 Å². The summed E-state index contributed by atoms with van der Waals surface area (Å²) >= 11 is 3.56. The molecule has 1 aromatic heterocycles. The summed E-state index contributed by atoms with van der Waals surface area (Å²) in [6.45, 7) is 8.25. The molecule has 1 heterocycles. The molecular formula is C13H24BrN3O2S. The van der Waals surface area contributed by atoms with Crippen LogP contribution in [0.1, 0.15) is 32.2 Å². The van der Waals surface area contributed by atoms with Gasteiger partial charge in [-0.15, -0.1) is 0 Å². The number of hydrogen-bond acceptors (Lipinski definition) is 4. The van der Waals surface area contributed by atoms with E-state index < -0.39 is 14.6 Å². The Kier molecular flexibility index (Phi) is 5.43. The number of halogens is 1. The van der Waals surface area contributed by atoms with Crippen molar-refractivity contribution >= 4 is 25.8 Å². The van der Waals surface area contributed by atoms with Crippen LogP contribution >= 0.6 is 15.9 Å². The number of aryl methyl sites for hydroxylation is 2. The minimum Gasteiger partial charge on any atom is -0.315 e. The van der Waals surface area contributed by atoms with Crippen molar-refractivity contribution in [3.63, 3.8) is 0 Å². The lowest BCUT2D eigenvalue weighted by molar-refractivity contribution is 0.419. The van der Waals surface area contributed by atoms with E-state index >= 15 is 0 Å². The zero-order valence-corrected chi connectivity index (χ0v) is 15.4. The molecule has 0 aliphatic rings. The highest BCUT2D eigenvalue weighted by molar-refractivity contribution is 9.10. The predicted molar refractivity (Wildman–Crippen MR) is 85.8 cm³/mol. The van der Waals surface area contributed by atoms with Gasteiger partial charge in [0, 0.05) is 25.3 Å². The van der Waals surface area contributed by atoms with Crippen molar-refractivity contribution in [1.29, 1.82) is 0 Å². The molecule has 0 amide bonds. The standard InChI is InChI=1S/C13H24BrN3O2S/c1-7-17-10(12(14)9(2)16-17)8-11(15-5)13(3,4)20(6,18)19/h11,15H,7-8H2,1-6H3. The van der Waals surface area contributed by atoms with Gasteiger partial charge < -0.3 is 5.32 Å². The normalized spacial score (nSPS) is 14.6. The van der Waals surface area contributed by atoms with Crippen LogP contribution < -0.4 is 5.32 Å². The van der Waals surface area contributed by atoms with Crippen LogP contribution in [0.3, 0.4) is 0 Å². The molecule has 0 saturated heterocycles. The Morgan fingerprint density at radius 3 is 2.40 bits per heavy atom. The smallest absolute Gasteiger partial charge is 0.154 e. The molecule has 1 atom stereocenters. The maximum Gasteiger partial charge on any atom is 0.154 e. The number of likely N-dealkylation sites (N-methyl/N-ethyl adjacent to an activating group) is 1. The third-order valence-electron chi connectivity index (χ3n) is 3.99. The van der Waals surface area contributed by atoms with Gasteiger partial charge in [-0.2, -0.15) is 5.10 Å². The zero-order chi connectivity index (χ0) is 15.7. The van der Waals surface area contributed by atoms with Crippen LogP contribution in [0.25, 0.3) is 0 Å². The molecule has 0 aliphatic heterocycles. The van der Waals surface area contributed by atoms with Crippen LogP contribution in [0.15, 0.2) is 4.47 Å². The van der Waals surface area contributed by atoms with Gasteiger partial charge in [0.05, 0.1) is 20.6 Å². The van der Waals surface area contributed by atoms with Gasteiger partial charge in [0.25, 0.3) is 0 Å². The van der Waals surface area contributed by atoms with Crippen LogP contribution in [-0.4, -0.2) is 42.3 Å². The van der Waals surface area contributed by atoms with Crippen LogP contribution in [0.2, 0.25) is 0 Å². The summed E-state index contributed by atoms with van der Waals surface area (Å²) in [5, 5.41) is 7.60. The van der Waals surface area contributed by atoms with Gasteiger partial charge in [-0.3, -0.25) is 4.68 Å². The van der Waals surface area contributed by atoms with E-state index in [1.165, 1.54) is 6.26 Å². The minimum absolute atomic E-state index is 0.185. The summed E-state index contributed by atoms with van der Waals surface area (Å²) in [5.41, 5.74) is 1.95. The fourth-order valence-electron chi connectivity index (χ4n) is 2.21. The third-order valence-corrected chi connectivity index (χ3v) is 7.22. The van der Waals surface area contributed by atoms with E-state index in [0.29, 0.717) is 6.42 Å². The monoisotopic (exact) mass is 365 g/mol. The van der Waals surface area contributed by atoms with Gasteiger partial charge >= 0.3 is 0 Å². The number of hydrogen-bond donors (Lipinski definition) is 1. The quantitative estimate of drug-likeness (QED) is 0.836. The molecule has 0 spiro atoms. The number of nitrogens with zero attached hydrogens (tertiary/aromatic N) is 2. The Hall–Kier alpha value is -0.400. The largest absolute Gasteiger partial charge is 0.315 e. The van der Waals surface area contributed by atoms with E-state index in [1.54, 1.807) is 20.9 Å². The van der Waals surface area contributed by atoms with Gasteiger partial charge in [0.1, 0.15) is 0 Å². The summed E-state index contributed by atoms with van der Waals surface area (Å²) in [6.07, 6.45) is 1.89. The second-order valence-electron chi connectivity index (χ2n) is 5.58. The number of sulfone groups is 1. The van der Waals surface area contributed by atoms with Crippen LogP contribution in [0.5, 0.6) is 0 Å². The third kappa shape index (κ3) is 3.26. The topological polar surface area (TPSA) is 64.0 Å². The highest BCUT2D eigenvalue weighted by Crippen LogP contribution is 2.27. The Morgan fingerprint density at radius 2 is 2.00 bits per heavy atom. The van der Waals surface area contributed by atoms with Crippen LogP contribution in [0.4, 0.5) is 0 Å². The molecule has 1 unspecified atom stereocenters. The van der Waals surface area contributed by atoms with Crippen molar-refractivity contribution in [3.8, 4) is 0 Å². The molecule has 0 bridgehead atoms. The van der Waals surface area contributed by atoms with Crippen LogP contribution in [0, 0.1) is 6.92 Å². The lowest BCUT2D eigenvalue weighted by atomic mass is 9.98. The summed E-state index contributed by atoms with van der Waals surface area (Å²) < 4.78 is 26.1. The first-order valence-corrected chi connectivity index (χ1v) is 9.33. The Labute approximate surface area is 130 Å². The minimum atomic E-state index is -3.17. The SMILES string of the molecule is CCn1nc(C)c(Br)c1CC(NC)C(C)(C)S(C)(=O)=O. The van der Waals surface area contributed by atoms with E-state index in [4.69, 9.17) is 0 Å². The van der Waals surface area contributed by atoms with Gasteiger partial charge in [0.15, 0.2) is 9.84 Å². The van der Waals surface area contributed by atoms with Gasteiger partial charge in [-0.25, -0.2) is 8.42 Å². The van der Waals surface area contributed by atoms with E-state index in [2.05, 4.69) is 26.3 Å². The van der Waals surface area contributed by atoms with Crippen molar-refractivity contribution in [1.82, 2.24) is 15.1 Å². The van der Waals surface area contributed by atoms with Gasteiger partial charge in [0.2, 0.25) is 0 Å². The van der Waals surface area contributed by atoms with Crippen molar-refractivity contribution < 1.29 is 8.42 Å². The maximum absolute atomic E-state index is 12.0.